The van der Waals surface area contributed by atoms with Crippen LogP contribution >= 0.6 is 23.2 Å². The van der Waals surface area contributed by atoms with Crippen LogP contribution < -0.4 is 11.1 Å². The maximum Gasteiger partial charge on any atom is 0.237 e. The molecule has 3 N–H and O–H groups in total. The molecule has 0 aliphatic heterocycles. The summed E-state index contributed by atoms with van der Waals surface area (Å²) in [5.41, 5.74) is 6.68. The topological polar surface area (TPSA) is 55.1 Å². The first-order chi connectivity index (χ1) is 8.32. The highest BCUT2D eigenvalue weighted by molar-refractivity contribution is 6.42. The molecule has 5 heteroatoms. The van der Waals surface area contributed by atoms with E-state index < -0.39 is 6.04 Å². The maximum atomic E-state index is 11.8. The Hall–Kier alpha value is -0.770. The quantitative estimate of drug-likeness (QED) is 0.894. The average molecular weight is 289 g/mol. The predicted octanol–water partition coefficient (Wildman–Crippen LogP) is 3.15. The fraction of sp³-hybridized carbons (Fsp3) is 0.462. The van der Waals surface area contributed by atoms with E-state index in [9.17, 15) is 4.79 Å². The van der Waals surface area contributed by atoms with Gasteiger partial charge in [-0.25, -0.2) is 0 Å². The molecule has 0 saturated heterocycles. The van der Waals surface area contributed by atoms with E-state index >= 15 is 0 Å². The Labute approximate surface area is 118 Å². The van der Waals surface area contributed by atoms with Crippen molar-refractivity contribution in [3.05, 3.63) is 33.8 Å². The monoisotopic (exact) mass is 288 g/mol. The van der Waals surface area contributed by atoms with Crippen molar-refractivity contribution < 1.29 is 4.79 Å². The summed E-state index contributed by atoms with van der Waals surface area (Å²) in [5, 5.41) is 3.83. The molecule has 0 aliphatic carbocycles. The van der Waals surface area contributed by atoms with Gasteiger partial charge in [0.1, 0.15) is 0 Å². The van der Waals surface area contributed by atoms with E-state index in [2.05, 4.69) is 5.32 Å². The van der Waals surface area contributed by atoms with Gasteiger partial charge in [0.05, 0.1) is 22.1 Å². The molecule has 18 heavy (non-hydrogen) atoms. The van der Waals surface area contributed by atoms with Crippen molar-refractivity contribution in [2.75, 3.05) is 0 Å². The summed E-state index contributed by atoms with van der Waals surface area (Å²) in [7, 11) is 0. The number of carbonyl (C=O) groups is 1. The number of hydrogen-bond acceptors (Lipinski definition) is 2. The lowest BCUT2D eigenvalue weighted by molar-refractivity contribution is -0.123. The Morgan fingerprint density at radius 1 is 1.22 bits per heavy atom. The molecule has 1 unspecified atom stereocenters. The minimum absolute atomic E-state index is 0.103. The molecule has 1 amide bonds. The van der Waals surface area contributed by atoms with Crippen molar-refractivity contribution in [3.8, 4) is 0 Å². The zero-order chi connectivity index (χ0) is 13.9. The molecule has 0 spiro atoms. The molecule has 2 atom stereocenters. The van der Waals surface area contributed by atoms with Crippen LogP contribution in [0.4, 0.5) is 0 Å². The van der Waals surface area contributed by atoms with Crippen molar-refractivity contribution >= 4 is 29.1 Å². The Bertz CT molecular complexity index is 435. The first-order valence-corrected chi connectivity index (χ1v) is 6.59. The van der Waals surface area contributed by atoms with Crippen LogP contribution in [-0.2, 0) is 4.79 Å². The third-order valence-corrected chi connectivity index (χ3v) is 3.56. The number of hydrogen-bond donors (Lipinski definition) is 2. The Morgan fingerprint density at radius 3 is 2.33 bits per heavy atom. The molecule has 3 nitrogen and oxygen atoms in total. The number of rotatable bonds is 4. The van der Waals surface area contributed by atoms with E-state index in [1.54, 1.807) is 12.1 Å². The first-order valence-electron chi connectivity index (χ1n) is 5.83. The Kier molecular flexibility index (Phi) is 5.45. The number of nitrogens with one attached hydrogen (secondary N) is 1. The van der Waals surface area contributed by atoms with Crippen LogP contribution in [0.3, 0.4) is 0 Å². The van der Waals surface area contributed by atoms with Crippen molar-refractivity contribution in [2.24, 2.45) is 11.7 Å². The van der Waals surface area contributed by atoms with Gasteiger partial charge in [-0.15, -0.1) is 0 Å². The average Bonchev–Trinajstić information content (AvgIpc) is 2.31. The molecule has 0 saturated carbocycles. The smallest absolute Gasteiger partial charge is 0.237 e. The van der Waals surface area contributed by atoms with E-state index in [0.29, 0.717) is 10.0 Å². The van der Waals surface area contributed by atoms with Crippen LogP contribution in [0.15, 0.2) is 18.2 Å². The van der Waals surface area contributed by atoms with Gasteiger partial charge in [0.25, 0.3) is 0 Å². The lowest BCUT2D eigenvalue weighted by Gasteiger charge is -2.20. The van der Waals surface area contributed by atoms with Gasteiger partial charge in [0.15, 0.2) is 0 Å². The van der Waals surface area contributed by atoms with Gasteiger partial charge in [-0.05, 0) is 30.5 Å². The van der Waals surface area contributed by atoms with Crippen LogP contribution in [0.5, 0.6) is 0 Å². The molecule has 1 rings (SSSR count). The summed E-state index contributed by atoms with van der Waals surface area (Å²) in [6.07, 6.45) is 0. The van der Waals surface area contributed by atoms with Crippen molar-refractivity contribution in [1.29, 1.82) is 0 Å². The number of halogens is 2. The van der Waals surface area contributed by atoms with Crippen LogP contribution in [0, 0.1) is 5.92 Å². The number of benzene rings is 1. The summed E-state index contributed by atoms with van der Waals surface area (Å²) in [5.74, 6) is -0.0606. The fourth-order valence-electron chi connectivity index (χ4n) is 1.48. The highest BCUT2D eigenvalue weighted by atomic mass is 35.5. The third kappa shape index (κ3) is 3.87. The summed E-state index contributed by atoms with van der Waals surface area (Å²) in [6.45, 7) is 5.70. The van der Waals surface area contributed by atoms with Crippen molar-refractivity contribution in [1.82, 2.24) is 5.32 Å². The second-order valence-corrected chi connectivity index (χ2v) is 5.49. The third-order valence-electron chi connectivity index (χ3n) is 2.82. The van der Waals surface area contributed by atoms with E-state index in [4.69, 9.17) is 28.9 Å². The lowest BCUT2D eigenvalue weighted by Crippen LogP contribution is -2.44. The minimum atomic E-state index is -0.504. The van der Waals surface area contributed by atoms with Crippen LogP contribution in [-0.4, -0.2) is 11.9 Å². The second kappa shape index (κ2) is 6.41. The van der Waals surface area contributed by atoms with Gasteiger partial charge in [-0.2, -0.15) is 0 Å². The molecule has 0 radical (unpaired) electrons. The molecular weight excluding hydrogens is 271 g/mol. The minimum Gasteiger partial charge on any atom is -0.348 e. The van der Waals surface area contributed by atoms with Crippen LogP contribution in [0.1, 0.15) is 32.4 Å². The summed E-state index contributed by atoms with van der Waals surface area (Å²) in [4.78, 5) is 11.8. The van der Waals surface area contributed by atoms with Gasteiger partial charge < -0.3 is 11.1 Å². The van der Waals surface area contributed by atoms with E-state index in [0.717, 1.165) is 5.56 Å². The Morgan fingerprint density at radius 2 is 1.83 bits per heavy atom. The molecule has 1 aromatic carbocycles. The highest BCUT2D eigenvalue weighted by Gasteiger charge is 2.19. The molecule has 0 fully saturated rings. The fourth-order valence-corrected chi connectivity index (χ4v) is 1.78. The van der Waals surface area contributed by atoms with Crippen molar-refractivity contribution in [2.45, 2.75) is 32.9 Å². The molecule has 1 aromatic rings. The van der Waals surface area contributed by atoms with Gasteiger partial charge in [0.2, 0.25) is 5.91 Å². The van der Waals surface area contributed by atoms with E-state index in [1.807, 2.05) is 26.8 Å². The summed E-state index contributed by atoms with van der Waals surface area (Å²) >= 11 is 11.8. The second-order valence-electron chi connectivity index (χ2n) is 4.67. The zero-order valence-corrected chi connectivity index (χ0v) is 12.2. The molecule has 0 aliphatic rings. The largest absolute Gasteiger partial charge is 0.348 e. The normalized spacial score (nSPS) is 14.4. The Balaban J connectivity index is 2.73. The summed E-state index contributed by atoms with van der Waals surface area (Å²) in [6, 6.07) is 4.63. The van der Waals surface area contributed by atoms with Crippen molar-refractivity contribution in [3.63, 3.8) is 0 Å². The first kappa shape index (κ1) is 15.3. The van der Waals surface area contributed by atoms with Gasteiger partial charge >= 0.3 is 0 Å². The standard InChI is InChI=1S/C13H18Cl2N2O/c1-7(2)12(16)13(18)17-8(3)9-4-5-10(14)11(15)6-9/h4-8,12H,16H2,1-3H3,(H,17,18)/t8?,12-/m1/s1. The molecule has 0 heterocycles. The number of amides is 1. The van der Waals surface area contributed by atoms with Crippen LogP contribution in [0.25, 0.3) is 0 Å². The van der Waals surface area contributed by atoms with Gasteiger partial charge in [0, 0.05) is 0 Å². The molecule has 0 aromatic heterocycles. The molecule has 0 bridgehead atoms. The molecule has 100 valence electrons. The maximum absolute atomic E-state index is 11.8. The van der Waals surface area contributed by atoms with E-state index in [1.165, 1.54) is 0 Å². The van der Waals surface area contributed by atoms with Gasteiger partial charge in [-0.1, -0.05) is 43.1 Å². The SMILES string of the molecule is CC(NC(=O)[C@H](N)C(C)C)c1ccc(Cl)c(Cl)c1. The van der Waals surface area contributed by atoms with Gasteiger partial charge in [-0.3, -0.25) is 4.79 Å². The predicted molar refractivity (Wildman–Crippen MR) is 75.8 cm³/mol. The van der Waals surface area contributed by atoms with Crippen LogP contribution in [0.2, 0.25) is 10.0 Å². The molecular formula is C13H18Cl2N2O. The number of nitrogens with two attached hydrogens (primary N) is 1. The number of carbonyl (C=O) groups excluding carboxylic acids is 1. The van der Waals surface area contributed by atoms with E-state index in [-0.39, 0.29) is 17.9 Å². The lowest BCUT2D eigenvalue weighted by atomic mass is 10.0. The highest BCUT2D eigenvalue weighted by Crippen LogP contribution is 2.25. The zero-order valence-electron chi connectivity index (χ0n) is 10.7. The summed E-state index contributed by atoms with van der Waals surface area (Å²) < 4.78 is 0.